The molecular formula is C16H20N4O2. The van der Waals surface area contributed by atoms with Gasteiger partial charge in [0.2, 0.25) is 11.8 Å². The van der Waals surface area contributed by atoms with Crippen molar-refractivity contribution in [2.24, 2.45) is 0 Å². The van der Waals surface area contributed by atoms with Gasteiger partial charge in [0, 0.05) is 6.42 Å². The number of benzene rings is 1. The average molecular weight is 300 g/mol. The molecule has 1 aromatic heterocycles. The van der Waals surface area contributed by atoms with Crippen LogP contribution in [-0.2, 0) is 24.2 Å². The zero-order valence-corrected chi connectivity index (χ0v) is 12.4. The maximum atomic E-state index is 11.9. The number of aryl methyl sites for hydroxylation is 2. The van der Waals surface area contributed by atoms with Gasteiger partial charge in [-0.1, -0.05) is 35.5 Å². The van der Waals surface area contributed by atoms with E-state index in [1.54, 1.807) is 0 Å². The topological polar surface area (TPSA) is 80.1 Å². The summed E-state index contributed by atoms with van der Waals surface area (Å²) < 4.78 is 5.17. The van der Waals surface area contributed by atoms with Gasteiger partial charge in [-0.25, -0.2) is 0 Å². The van der Waals surface area contributed by atoms with Crippen LogP contribution in [0.25, 0.3) is 0 Å². The third kappa shape index (κ3) is 3.92. The Morgan fingerprint density at radius 2 is 2.18 bits per heavy atom. The van der Waals surface area contributed by atoms with Crippen LogP contribution in [0, 0.1) is 0 Å². The van der Waals surface area contributed by atoms with Crippen LogP contribution in [0.1, 0.15) is 30.1 Å². The van der Waals surface area contributed by atoms with E-state index in [0.717, 1.165) is 32.2 Å². The Morgan fingerprint density at radius 3 is 2.95 bits per heavy atom. The highest BCUT2D eigenvalue weighted by Crippen LogP contribution is 2.07. The van der Waals surface area contributed by atoms with Crippen molar-refractivity contribution >= 4 is 5.91 Å². The minimum absolute atomic E-state index is 0.00142. The lowest BCUT2D eigenvalue weighted by molar-refractivity contribution is -0.123. The van der Waals surface area contributed by atoms with Crippen molar-refractivity contribution in [1.29, 1.82) is 0 Å². The predicted octanol–water partition coefficient (Wildman–Crippen LogP) is 1.22. The van der Waals surface area contributed by atoms with Gasteiger partial charge < -0.3 is 15.2 Å². The number of hydrogen-bond acceptors (Lipinski definition) is 5. The molecule has 1 aliphatic rings. The van der Waals surface area contributed by atoms with E-state index in [2.05, 4.69) is 32.9 Å². The first-order valence-electron chi connectivity index (χ1n) is 7.68. The van der Waals surface area contributed by atoms with E-state index < -0.39 is 0 Å². The smallest absolute Gasteiger partial charge is 0.246 e. The lowest BCUT2D eigenvalue weighted by Gasteiger charge is -2.08. The van der Waals surface area contributed by atoms with Crippen LogP contribution in [0.15, 0.2) is 34.9 Å². The van der Waals surface area contributed by atoms with Gasteiger partial charge in [0.15, 0.2) is 5.82 Å². The van der Waals surface area contributed by atoms with Gasteiger partial charge in [-0.05, 0) is 31.4 Å². The van der Waals surface area contributed by atoms with Gasteiger partial charge in [-0.3, -0.25) is 4.79 Å². The van der Waals surface area contributed by atoms with Crippen molar-refractivity contribution in [2.75, 3.05) is 6.54 Å². The van der Waals surface area contributed by atoms with E-state index in [-0.39, 0.29) is 18.5 Å². The second kappa shape index (κ2) is 7.17. The number of rotatable bonds is 6. The van der Waals surface area contributed by atoms with E-state index in [4.69, 9.17) is 4.52 Å². The first-order valence-corrected chi connectivity index (χ1v) is 7.68. The molecule has 2 N–H and O–H groups in total. The Bertz CT molecular complexity index is 606. The van der Waals surface area contributed by atoms with E-state index in [0.29, 0.717) is 11.7 Å². The summed E-state index contributed by atoms with van der Waals surface area (Å²) in [6, 6.07) is 10.1. The maximum Gasteiger partial charge on any atom is 0.246 e. The van der Waals surface area contributed by atoms with Crippen LogP contribution in [0.5, 0.6) is 0 Å². The van der Waals surface area contributed by atoms with Crippen molar-refractivity contribution in [2.45, 2.75) is 38.3 Å². The molecule has 22 heavy (non-hydrogen) atoms. The monoisotopic (exact) mass is 300 g/mol. The normalized spacial score (nSPS) is 17.5. The van der Waals surface area contributed by atoms with Gasteiger partial charge in [0.05, 0.1) is 12.6 Å². The van der Waals surface area contributed by atoms with E-state index in [1.165, 1.54) is 5.56 Å². The molecule has 6 heteroatoms. The van der Waals surface area contributed by atoms with Crippen molar-refractivity contribution in [3.8, 4) is 0 Å². The van der Waals surface area contributed by atoms with Gasteiger partial charge >= 0.3 is 0 Å². The molecule has 2 aromatic rings. The Kier molecular flexibility index (Phi) is 4.80. The van der Waals surface area contributed by atoms with Gasteiger partial charge in [0.25, 0.3) is 0 Å². The fourth-order valence-corrected chi connectivity index (χ4v) is 2.56. The van der Waals surface area contributed by atoms with Gasteiger partial charge in [0.1, 0.15) is 0 Å². The summed E-state index contributed by atoms with van der Waals surface area (Å²) in [5.74, 6) is 1.13. The molecule has 1 aliphatic heterocycles. The highest BCUT2D eigenvalue weighted by molar-refractivity contribution is 5.81. The summed E-state index contributed by atoms with van der Waals surface area (Å²) in [5, 5.41) is 9.94. The third-order valence-corrected chi connectivity index (χ3v) is 3.78. The molecule has 6 nitrogen and oxygen atoms in total. The predicted molar refractivity (Wildman–Crippen MR) is 81.0 cm³/mol. The van der Waals surface area contributed by atoms with Crippen LogP contribution in [0.2, 0.25) is 0 Å². The number of nitrogens with zero attached hydrogens (tertiary/aromatic N) is 2. The van der Waals surface area contributed by atoms with Crippen molar-refractivity contribution in [3.63, 3.8) is 0 Å². The molecule has 2 heterocycles. The molecule has 0 radical (unpaired) electrons. The molecule has 1 amide bonds. The van der Waals surface area contributed by atoms with Crippen LogP contribution >= 0.6 is 0 Å². The summed E-state index contributed by atoms with van der Waals surface area (Å²) in [4.78, 5) is 16.2. The minimum atomic E-state index is -0.0829. The Balaban J connectivity index is 1.45. The van der Waals surface area contributed by atoms with Crippen molar-refractivity contribution in [3.05, 3.63) is 47.6 Å². The summed E-state index contributed by atoms with van der Waals surface area (Å²) >= 11 is 0. The summed E-state index contributed by atoms with van der Waals surface area (Å²) in [7, 11) is 0. The Morgan fingerprint density at radius 1 is 1.32 bits per heavy atom. The number of nitrogens with one attached hydrogen (secondary N) is 2. The molecule has 0 spiro atoms. The summed E-state index contributed by atoms with van der Waals surface area (Å²) in [6.07, 6.45) is 3.53. The molecular weight excluding hydrogens is 280 g/mol. The first kappa shape index (κ1) is 14.7. The molecule has 0 bridgehead atoms. The van der Waals surface area contributed by atoms with Crippen molar-refractivity contribution in [1.82, 2.24) is 20.8 Å². The van der Waals surface area contributed by atoms with E-state index >= 15 is 0 Å². The van der Waals surface area contributed by atoms with Crippen molar-refractivity contribution < 1.29 is 9.32 Å². The largest absolute Gasteiger partial charge is 0.346 e. The maximum absolute atomic E-state index is 11.9. The summed E-state index contributed by atoms with van der Waals surface area (Å²) in [6.45, 7) is 1.19. The number of carbonyl (C=O) groups is 1. The van der Waals surface area contributed by atoms with Crippen LogP contribution in [0.4, 0.5) is 0 Å². The lowest BCUT2D eigenvalue weighted by atomic mass is 10.1. The Hall–Kier alpha value is -2.21. The molecule has 3 rings (SSSR count). The third-order valence-electron chi connectivity index (χ3n) is 3.78. The average Bonchev–Trinajstić information content (AvgIpc) is 3.23. The highest BCUT2D eigenvalue weighted by atomic mass is 16.5. The fourth-order valence-electron chi connectivity index (χ4n) is 2.56. The molecule has 1 unspecified atom stereocenters. The lowest BCUT2D eigenvalue weighted by Crippen LogP contribution is -2.40. The second-order valence-electron chi connectivity index (χ2n) is 5.46. The minimum Gasteiger partial charge on any atom is -0.346 e. The van der Waals surface area contributed by atoms with Gasteiger partial charge in [-0.2, -0.15) is 4.98 Å². The Labute approximate surface area is 129 Å². The van der Waals surface area contributed by atoms with E-state index in [9.17, 15) is 4.79 Å². The van der Waals surface area contributed by atoms with Crippen LogP contribution < -0.4 is 10.6 Å². The number of carbonyl (C=O) groups excluding carboxylic acids is 1. The van der Waals surface area contributed by atoms with Crippen LogP contribution in [0.3, 0.4) is 0 Å². The van der Waals surface area contributed by atoms with E-state index in [1.807, 2.05) is 18.2 Å². The SMILES string of the molecule is O=C(NCc1nc(CCc2ccccc2)no1)C1CCCN1. The second-order valence-corrected chi connectivity index (χ2v) is 5.46. The standard InChI is InChI=1S/C16H20N4O2/c21-16(13-7-4-10-17-13)18-11-15-19-14(20-22-15)9-8-12-5-2-1-3-6-12/h1-3,5-6,13,17H,4,7-11H2,(H,18,21). The molecule has 1 saturated heterocycles. The number of amides is 1. The molecule has 0 saturated carbocycles. The number of aromatic nitrogens is 2. The molecule has 116 valence electrons. The quantitative estimate of drug-likeness (QED) is 0.838. The molecule has 1 atom stereocenters. The highest BCUT2D eigenvalue weighted by Gasteiger charge is 2.22. The zero-order valence-electron chi connectivity index (χ0n) is 12.4. The first-order chi connectivity index (χ1) is 10.8. The van der Waals surface area contributed by atoms with Gasteiger partial charge in [-0.15, -0.1) is 0 Å². The molecule has 1 aromatic carbocycles. The van der Waals surface area contributed by atoms with Crippen LogP contribution in [-0.4, -0.2) is 28.6 Å². The molecule has 0 aliphatic carbocycles. The zero-order chi connectivity index (χ0) is 15.2. The molecule has 1 fully saturated rings. The fraction of sp³-hybridized carbons (Fsp3) is 0.438. The summed E-state index contributed by atoms with van der Waals surface area (Å²) in [5.41, 5.74) is 1.24. The number of hydrogen-bond donors (Lipinski definition) is 2.